The van der Waals surface area contributed by atoms with Gasteiger partial charge in [-0.05, 0) is 36.6 Å². The van der Waals surface area contributed by atoms with Crippen molar-refractivity contribution in [1.82, 2.24) is 0 Å². The zero-order chi connectivity index (χ0) is 13.2. The van der Waals surface area contributed by atoms with E-state index in [2.05, 4.69) is 67.4 Å². The summed E-state index contributed by atoms with van der Waals surface area (Å²) < 4.78 is 0. The average Bonchev–Trinajstić information content (AvgIpc) is 2.81. The Labute approximate surface area is 119 Å². The zero-order valence-electron chi connectivity index (χ0n) is 11.5. The maximum absolute atomic E-state index is 2.39. The van der Waals surface area contributed by atoms with Crippen molar-refractivity contribution in [2.24, 2.45) is 0 Å². The number of hydrogen-bond acceptors (Lipinski definition) is 2. The summed E-state index contributed by atoms with van der Waals surface area (Å²) in [5.41, 5.74) is 4.21. The molecule has 1 aliphatic rings. The van der Waals surface area contributed by atoms with E-state index >= 15 is 0 Å². The van der Waals surface area contributed by atoms with Crippen molar-refractivity contribution in [3.05, 3.63) is 59.7 Å². The Morgan fingerprint density at radius 1 is 1.11 bits per heavy atom. The summed E-state index contributed by atoms with van der Waals surface area (Å²) in [4.78, 5) is 3.85. The van der Waals surface area contributed by atoms with Gasteiger partial charge in [0.1, 0.15) is 0 Å². The van der Waals surface area contributed by atoms with E-state index in [9.17, 15) is 0 Å². The van der Waals surface area contributed by atoms with Crippen molar-refractivity contribution in [1.29, 1.82) is 0 Å². The Morgan fingerprint density at radius 2 is 1.84 bits per heavy atom. The first-order valence-corrected chi connectivity index (χ1v) is 7.63. The van der Waals surface area contributed by atoms with Gasteiger partial charge in [0, 0.05) is 29.4 Å². The molecule has 0 spiro atoms. The van der Waals surface area contributed by atoms with Crippen LogP contribution >= 0.6 is 11.8 Å². The van der Waals surface area contributed by atoms with Gasteiger partial charge < -0.3 is 4.90 Å². The molecule has 2 aromatic rings. The summed E-state index contributed by atoms with van der Waals surface area (Å²) in [5, 5.41) is 0.669. The third-order valence-corrected chi connectivity index (χ3v) is 5.02. The van der Waals surface area contributed by atoms with Gasteiger partial charge in [0.05, 0.1) is 0 Å². The molecule has 2 heteroatoms. The molecule has 0 aromatic heterocycles. The van der Waals surface area contributed by atoms with Crippen LogP contribution in [0.25, 0.3) is 0 Å². The maximum Gasteiger partial charge on any atom is 0.0393 e. The van der Waals surface area contributed by atoms with E-state index in [0.29, 0.717) is 5.25 Å². The monoisotopic (exact) mass is 269 g/mol. The van der Waals surface area contributed by atoms with Crippen LogP contribution in [0.15, 0.2) is 53.4 Å². The topological polar surface area (TPSA) is 3.24 Å². The minimum Gasteiger partial charge on any atom is -0.373 e. The van der Waals surface area contributed by atoms with Crippen LogP contribution in [-0.2, 0) is 6.42 Å². The summed E-state index contributed by atoms with van der Waals surface area (Å²) >= 11 is 2.02. The van der Waals surface area contributed by atoms with Crippen molar-refractivity contribution < 1.29 is 0 Å². The van der Waals surface area contributed by atoms with Crippen LogP contribution in [0.1, 0.15) is 11.1 Å². The molecular weight excluding hydrogens is 250 g/mol. The van der Waals surface area contributed by atoms with Crippen molar-refractivity contribution in [3.63, 3.8) is 0 Å². The van der Waals surface area contributed by atoms with Crippen molar-refractivity contribution in [3.8, 4) is 0 Å². The molecule has 98 valence electrons. The predicted molar refractivity (Wildman–Crippen MR) is 84.2 cm³/mol. The molecule has 1 atom stereocenters. The number of para-hydroxylation sites is 1. The molecule has 0 bridgehead atoms. The highest BCUT2D eigenvalue weighted by Gasteiger charge is 2.23. The van der Waals surface area contributed by atoms with Gasteiger partial charge >= 0.3 is 0 Å². The fourth-order valence-corrected chi connectivity index (χ4v) is 4.13. The van der Waals surface area contributed by atoms with Crippen LogP contribution in [0.5, 0.6) is 0 Å². The van der Waals surface area contributed by atoms with Crippen molar-refractivity contribution in [2.75, 3.05) is 18.5 Å². The van der Waals surface area contributed by atoms with E-state index in [1.54, 1.807) is 0 Å². The van der Waals surface area contributed by atoms with E-state index in [-0.39, 0.29) is 0 Å². The van der Waals surface area contributed by atoms with Crippen LogP contribution in [0, 0.1) is 6.92 Å². The molecule has 1 aliphatic heterocycles. The highest BCUT2D eigenvalue weighted by Crippen LogP contribution is 2.37. The van der Waals surface area contributed by atoms with E-state index in [1.807, 2.05) is 11.8 Å². The lowest BCUT2D eigenvalue weighted by Gasteiger charge is -2.24. The standard InChI is InChI=1S/C17H19NS/c1-13-7-3-5-9-16(13)18(2)12-15-11-14-8-4-6-10-17(14)19-15/h3-10,15H,11-12H2,1-2H3. The molecule has 1 unspecified atom stereocenters. The summed E-state index contributed by atoms with van der Waals surface area (Å²) in [5.74, 6) is 0. The smallest absolute Gasteiger partial charge is 0.0393 e. The Balaban J connectivity index is 1.69. The van der Waals surface area contributed by atoms with Gasteiger partial charge in [0.15, 0.2) is 0 Å². The molecule has 0 fully saturated rings. The number of rotatable bonds is 3. The largest absolute Gasteiger partial charge is 0.373 e. The highest BCUT2D eigenvalue weighted by molar-refractivity contribution is 8.00. The van der Waals surface area contributed by atoms with Crippen LogP contribution in [0.2, 0.25) is 0 Å². The van der Waals surface area contributed by atoms with E-state index in [0.717, 1.165) is 6.54 Å². The molecule has 0 aliphatic carbocycles. The van der Waals surface area contributed by atoms with E-state index < -0.39 is 0 Å². The number of anilines is 1. The van der Waals surface area contributed by atoms with Crippen molar-refractivity contribution >= 4 is 17.4 Å². The average molecular weight is 269 g/mol. The SMILES string of the molecule is Cc1ccccc1N(C)CC1Cc2ccccc2S1. The third kappa shape index (κ3) is 2.64. The Bertz CT molecular complexity index is 554. The first kappa shape index (κ1) is 12.6. The van der Waals surface area contributed by atoms with Gasteiger partial charge in [0.2, 0.25) is 0 Å². The molecule has 3 rings (SSSR count). The molecular formula is C17H19NS. The molecule has 0 saturated carbocycles. The minimum atomic E-state index is 0.669. The summed E-state index contributed by atoms with van der Waals surface area (Å²) in [6.45, 7) is 3.28. The van der Waals surface area contributed by atoms with E-state index in [4.69, 9.17) is 0 Å². The van der Waals surface area contributed by atoms with Gasteiger partial charge in [-0.1, -0.05) is 36.4 Å². The lowest BCUT2D eigenvalue weighted by molar-refractivity contribution is 0.812. The van der Waals surface area contributed by atoms with Gasteiger partial charge in [-0.25, -0.2) is 0 Å². The number of benzene rings is 2. The summed E-state index contributed by atoms with van der Waals surface area (Å²) in [6, 6.07) is 17.4. The second kappa shape index (κ2) is 5.30. The van der Waals surface area contributed by atoms with Crippen molar-refractivity contribution in [2.45, 2.75) is 23.5 Å². The molecule has 0 N–H and O–H groups in total. The second-order valence-corrected chi connectivity index (χ2v) is 6.56. The van der Waals surface area contributed by atoms with Gasteiger partial charge in [-0.2, -0.15) is 0 Å². The Kier molecular flexibility index (Phi) is 3.52. The number of nitrogens with zero attached hydrogens (tertiary/aromatic N) is 1. The van der Waals surface area contributed by atoms with Crippen LogP contribution < -0.4 is 4.90 Å². The fourth-order valence-electron chi connectivity index (χ4n) is 2.75. The first-order valence-electron chi connectivity index (χ1n) is 6.75. The quantitative estimate of drug-likeness (QED) is 0.823. The maximum atomic E-state index is 2.39. The van der Waals surface area contributed by atoms with Gasteiger partial charge in [-0.3, -0.25) is 0 Å². The number of aryl methyl sites for hydroxylation is 1. The zero-order valence-corrected chi connectivity index (χ0v) is 12.3. The molecule has 19 heavy (non-hydrogen) atoms. The predicted octanol–water partition coefficient (Wildman–Crippen LogP) is 4.15. The van der Waals surface area contributed by atoms with Gasteiger partial charge in [0.25, 0.3) is 0 Å². The number of hydrogen-bond donors (Lipinski definition) is 0. The highest BCUT2D eigenvalue weighted by atomic mass is 32.2. The van der Waals surface area contributed by atoms with Gasteiger partial charge in [-0.15, -0.1) is 11.8 Å². The second-order valence-electron chi connectivity index (χ2n) is 5.22. The third-order valence-electron chi connectivity index (χ3n) is 3.72. The Hall–Kier alpha value is -1.41. The molecule has 1 heterocycles. The molecule has 0 saturated heterocycles. The molecule has 2 aromatic carbocycles. The number of thioether (sulfide) groups is 1. The normalized spacial score (nSPS) is 17.3. The first-order chi connectivity index (χ1) is 9.24. The lowest BCUT2D eigenvalue weighted by Crippen LogP contribution is -2.27. The minimum absolute atomic E-state index is 0.669. The molecule has 1 nitrogen and oxygen atoms in total. The molecule has 0 radical (unpaired) electrons. The summed E-state index contributed by atoms with van der Waals surface area (Å²) in [6.07, 6.45) is 1.19. The summed E-state index contributed by atoms with van der Waals surface area (Å²) in [7, 11) is 2.20. The van der Waals surface area contributed by atoms with Crippen LogP contribution in [-0.4, -0.2) is 18.8 Å². The molecule has 0 amide bonds. The van der Waals surface area contributed by atoms with Crippen LogP contribution in [0.4, 0.5) is 5.69 Å². The lowest BCUT2D eigenvalue weighted by atomic mass is 10.1. The fraction of sp³-hybridized carbons (Fsp3) is 0.294. The van der Waals surface area contributed by atoms with Crippen LogP contribution in [0.3, 0.4) is 0 Å². The Morgan fingerprint density at radius 3 is 2.63 bits per heavy atom. The van der Waals surface area contributed by atoms with E-state index in [1.165, 1.54) is 28.1 Å². The number of fused-ring (bicyclic) bond motifs is 1.